The van der Waals surface area contributed by atoms with E-state index in [4.69, 9.17) is 4.74 Å². The summed E-state index contributed by atoms with van der Waals surface area (Å²) < 4.78 is 6.31. The molecule has 180 valence electrons. The van der Waals surface area contributed by atoms with E-state index in [9.17, 15) is 14.4 Å². The number of rotatable bonds is 6. The van der Waals surface area contributed by atoms with Gasteiger partial charge in [0.2, 0.25) is 5.91 Å². The summed E-state index contributed by atoms with van der Waals surface area (Å²) >= 11 is 3.39. The number of carbonyl (C=O) groups is 3. The molecule has 0 unspecified atom stereocenters. The highest BCUT2D eigenvalue weighted by atomic mass is 79.9. The first-order chi connectivity index (χ1) is 16.5. The normalized spacial score (nSPS) is 11.2. The maximum Gasteiger partial charge on any atom is 0.343 e. The van der Waals surface area contributed by atoms with Crippen molar-refractivity contribution in [2.45, 2.75) is 27.7 Å². The maximum atomic E-state index is 12.5. The van der Waals surface area contributed by atoms with Crippen molar-refractivity contribution in [3.05, 3.63) is 93.5 Å². The Kier molecular flexibility index (Phi) is 8.19. The van der Waals surface area contributed by atoms with Crippen molar-refractivity contribution in [1.82, 2.24) is 5.43 Å². The molecule has 0 fully saturated rings. The lowest BCUT2D eigenvalue weighted by Gasteiger charge is -2.17. The molecular weight excluding hydrogens is 510 g/mol. The van der Waals surface area contributed by atoms with Gasteiger partial charge in [-0.25, -0.2) is 10.2 Å². The van der Waals surface area contributed by atoms with Gasteiger partial charge in [-0.05, 0) is 61.5 Å². The van der Waals surface area contributed by atoms with Crippen LogP contribution in [0, 0.1) is 12.3 Å². The van der Waals surface area contributed by atoms with E-state index in [1.54, 1.807) is 60.7 Å². The van der Waals surface area contributed by atoms with Crippen LogP contribution >= 0.6 is 15.9 Å². The van der Waals surface area contributed by atoms with E-state index in [-0.39, 0.29) is 5.91 Å². The monoisotopic (exact) mass is 535 g/mol. The number of hydrazone groups is 1. The smallest absolute Gasteiger partial charge is 0.343 e. The fourth-order valence-electron chi connectivity index (χ4n) is 2.89. The molecule has 3 aromatic rings. The van der Waals surface area contributed by atoms with Gasteiger partial charge >= 0.3 is 5.97 Å². The Morgan fingerprint density at radius 3 is 2.31 bits per heavy atom. The SMILES string of the molecule is Cc1cccc(C(=O)Oc2ccc(Br)cc2/C=N\NC(=O)c2ccc(NC(=O)C(C)(C)C)cc2)c1. The molecule has 0 radical (unpaired) electrons. The number of aryl methyl sites for hydroxylation is 1. The van der Waals surface area contributed by atoms with Crippen LogP contribution in [0.5, 0.6) is 5.75 Å². The van der Waals surface area contributed by atoms with Crippen LogP contribution in [0.25, 0.3) is 0 Å². The van der Waals surface area contributed by atoms with Crippen molar-refractivity contribution in [3.63, 3.8) is 0 Å². The Morgan fingerprint density at radius 2 is 1.66 bits per heavy atom. The zero-order valence-electron chi connectivity index (χ0n) is 19.9. The molecule has 3 aromatic carbocycles. The number of benzene rings is 3. The minimum absolute atomic E-state index is 0.118. The number of anilines is 1. The predicted molar refractivity (Wildman–Crippen MR) is 140 cm³/mol. The Hall–Kier alpha value is -3.78. The fourth-order valence-corrected chi connectivity index (χ4v) is 3.27. The van der Waals surface area contributed by atoms with E-state index in [1.165, 1.54) is 6.21 Å². The number of carbonyl (C=O) groups excluding carboxylic acids is 3. The molecule has 2 N–H and O–H groups in total. The van der Waals surface area contributed by atoms with Crippen LogP contribution in [0.2, 0.25) is 0 Å². The number of amides is 2. The summed E-state index contributed by atoms with van der Waals surface area (Å²) in [7, 11) is 0. The first-order valence-electron chi connectivity index (χ1n) is 10.9. The number of hydrogen-bond donors (Lipinski definition) is 2. The molecule has 0 heterocycles. The van der Waals surface area contributed by atoms with Crippen molar-refractivity contribution >= 4 is 45.6 Å². The molecule has 8 heteroatoms. The topological polar surface area (TPSA) is 96.9 Å². The Labute approximate surface area is 212 Å². The lowest BCUT2D eigenvalue weighted by Crippen LogP contribution is -2.27. The third-order valence-corrected chi connectivity index (χ3v) is 5.38. The molecule has 0 spiro atoms. The zero-order valence-corrected chi connectivity index (χ0v) is 21.5. The summed E-state index contributed by atoms with van der Waals surface area (Å²) in [5.74, 6) is -0.736. The van der Waals surface area contributed by atoms with Gasteiger partial charge < -0.3 is 10.1 Å². The highest BCUT2D eigenvalue weighted by Gasteiger charge is 2.21. The van der Waals surface area contributed by atoms with E-state index >= 15 is 0 Å². The molecule has 0 aromatic heterocycles. The summed E-state index contributed by atoms with van der Waals surface area (Å²) in [5.41, 5.74) is 4.79. The summed E-state index contributed by atoms with van der Waals surface area (Å²) in [4.78, 5) is 37.1. The van der Waals surface area contributed by atoms with Gasteiger partial charge in [-0.15, -0.1) is 0 Å². The standard InChI is InChI=1S/C27H26BrN3O4/c1-17-6-5-7-19(14-17)25(33)35-23-13-10-21(28)15-20(23)16-29-31-24(32)18-8-11-22(12-9-18)30-26(34)27(2,3)4/h5-16H,1-4H3,(H,30,34)(H,31,32)/b29-16-. The third kappa shape index (κ3) is 7.35. The number of hydrogen-bond acceptors (Lipinski definition) is 5. The molecule has 2 amide bonds. The Morgan fingerprint density at radius 1 is 0.943 bits per heavy atom. The number of halogens is 1. The number of esters is 1. The van der Waals surface area contributed by atoms with Crippen LogP contribution in [-0.2, 0) is 4.79 Å². The van der Waals surface area contributed by atoms with E-state index in [1.807, 2.05) is 33.8 Å². The molecule has 0 atom stereocenters. The highest BCUT2D eigenvalue weighted by molar-refractivity contribution is 9.10. The van der Waals surface area contributed by atoms with Gasteiger partial charge in [-0.1, -0.05) is 54.4 Å². The van der Waals surface area contributed by atoms with Gasteiger partial charge in [0.25, 0.3) is 5.91 Å². The number of nitrogens with zero attached hydrogens (tertiary/aromatic N) is 1. The quantitative estimate of drug-likeness (QED) is 0.182. The Balaban J connectivity index is 1.67. The lowest BCUT2D eigenvalue weighted by molar-refractivity contribution is -0.123. The molecular formula is C27H26BrN3O4. The van der Waals surface area contributed by atoms with E-state index in [0.717, 1.165) is 10.0 Å². The second-order valence-corrected chi connectivity index (χ2v) is 9.84. The molecule has 0 saturated carbocycles. The van der Waals surface area contributed by atoms with Crippen molar-refractivity contribution in [1.29, 1.82) is 0 Å². The predicted octanol–water partition coefficient (Wildman–Crippen LogP) is 5.73. The highest BCUT2D eigenvalue weighted by Crippen LogP contribution is 2.23. The van der Waals surface area contributed by atoms with Crippen molar-refractivity contribution in [2.75, 3.05) is 5.32 Å². The van der Waals surface area contributed by atoms with Crippen LogP contribution in [0.3, 0.4) is 0 Å². The molecule has 35 heavy (non-hydrogen) atoms. The summed E-state index contributed by atoms with van der Waals surface area (Å²) in [5, 5.41) is 6.82. The summed E-state index contributed by atoms with van der Waals surface area (Å²) in [6, 6.07) is 18.7. The van der Waals surface area contributed by atoms with Gasteiger partial charge in [0.15, 0.2) is 0 Å². The van der Waals surface area contributed by atoms with Crippen LogP contribution in [0.15, 0.2) is 76.3 Å². The molecule has 0 bridgehead atoms. The average Bonchev–Trinajstić information content (AvgIpc) is 2.80. The second-order valence-electron chi connectivity index (χ2n) is 8.92. The first kappa shape index (κ1) is 25.8. The summed E-state index contributed by atoms with van der Waals surface area (Å²) in [6.07, 6.45) is 1.40. The number of ether oxygens (including phenoxy) is 1. The number of nitrogens with one attached hydrogen (secondary N) is 2. The van der Waals surface area contributed by atoms with Crippen LogP contribution < -0.4 is 15.5 Å². The largest absolute Gasteiger partial charge is 0.422 e. The zero-order chi connectivity index (χ0) is 25.6. The summed E-state index contributed by atoms with van der Waals surface area (Å²) in [6.45, 7) is 7.36. The molecule has 7 nitrogen and oxygen atoms in total. The molecule has 0 aliphatic carbocycles. The van der Waals surface area contributed by atoms with Gasteiger partial charge in [0.05, 0.1) is 11.8 Å². The van der Waals surface area contributed by atoms with Gasteiger partial charge in [0.1, 0.15) is 5.75 Å². The minimum Gasteiger partial charge on any atom is -0.422 e. The maximum absolute atomic E-state index is 12.5. The molecule has 0 aliphatic rings. The van der Waals surface area contributed by atoms with Crippen LogP contribution in [0.1, 0.15) is 52.6 Å². The third-order valence-electron chi connectivity index (χ3n) is 4.88. The van der Waals surface area contributed by atoms with Crippen LogP contribution in [-0.4, -0.2) is 24.0 Å². The fraction of sp³-hybridized carbons (Fsp3) is 0.185. The van der Waals surface area contributed by atoms with Gasteiger partial charge in [-0.2, -0.15) is 5.10 Å². The van der Waals surface area contributed by atoms with Crippen molar-refractivity contribution in [3.8, 4) is 5.75 Å². The van der Waals surface area contributed by atoms with E-state index in [0.29, 0.717) is 28.1 Å². The van der Waals surface area contributed by atoms with Crippen LogP contribution in [0.4, 0.5) is 5.69 Å². The lowest BCUT2D eigenvalue weighted by atomic mass is 9.95. The first-order valence-corrected chi connectivity index (χ1v) is 11.7. The molecule has 3 rings (SSSR count). The van der Waals surface area contributed by atoms with Gasteiger partial charge in [-0.3, -0.25) is 9.59 Å². The average molecular weight is 536 g/mol. The van der Waals surface area contributed by atoms with Crippen molar-refractivity contribution in [2.24, 2.45) is 10.5 Å². The molecule has 0 aliphatic heterocycles. The Bertz CT molecular complexity index is 1280. The van der Waals surface area contributed by atoms with E-state index < -0.39 is 17.3 Å². The molecule has 0 saturated heterocycles. The second kappa shape index (κ2) is 11.1. The van der Waals surface area contributed by atoms with Gasteiger partial charge in [0, 0.05) is 26.7 Å². The van der Waals surface area contributed by atoms with E-state index in [2.05, 4.69) is 31.8 Å². The van der Waals surface area contributed by atoms with Crippen molar-refractivity contribution < 1.29 is 19.1 Å². The minimum atomic E-state index is -0.523.